The number of nitrogens with one attached hydrogen (secondary N) is 3. The first-order valence-corrected chi connectivity index (χ1v) is 14.9. The van der Waals surface area contributed by atoms with Crippen LogP contribution in [-0.4, -0.2) is 36.7 Å². The Morgan fingerprint density at radius 3 is 2.38 bits per heavy atom. The highest BCUT2D eigenvalue weighted by molar-refractivity contribution is 7.93. The summed E-state index contributed by atoms with van der Waals surface area (Å²) in [6, 6.07) is 11.3. The molecule has 3 rings (SSSR count). The Kier molecular flexibility index (Phi) is 8.83. The molecule has 0 aliphatic heterocycles. The van der Waals surface area contributed by atoms with E-state index in [1.54, 1.807) is 12.1 Å². The van der Waals surface area contributed by atoms with Gasteiger partial charge in [0.05, 0.1) is 24.7 Å². The molecule has 0 bridgehead atoms. The van der Waals surface area contributed by atoms with E-state index >= 15 is 0 Å². The van der Waals surface area contributed by atoms with Gasteiger partial charge in [-0.25, -0.2) is 16.8 Å². The van der Waals surface area contributed by atoms with Gasteiger partial charge in [-0.05, 0) is 42.1 Å². The fourth-order valence-electron chi connectivity index (χ4n) is 4.45. The van der Waals surface area contributed by atoms with Gasteiger partial charge in [0.2, 0.25) is 10.0 Å². The standard InChI is InChI=1S/C24H35N3O5S2/c1-18(19-9-5-4-6-10-19)16-25-17-20-11-7-8-12-22(20)27-34(30,31)24-14-13-21(15-23(24)32-2)26-33(3,28)29/h7-8,11-15,18-19,25-27H,4-6,9-10,16-17H2,1-3H3. The molecule has 188 valence electrons. The van der Waals surface area contributed by atoms with Gasteiger partial charge in [-0.1, -0.05) is 57.2 Å². The van der Waals surface area contributed by atoms with Crippen LogP contribution >= 0.6 is 0 Å². The largest absolute Gasteiger partial charge is 0.495 e. The third-order valence-corrected chi connectivity index (χ3v) is 8.27. The maximum atomic E-state index is 13.2. The Bertz CT molecular complexity index is 1180. The van der Waals surface area contributed by atoms with Crippen molar-refractivity contribution in [2.45, 2.75) is 50.5 Å². The molecule has 0 saturated heterocycles. The molecule has 1 saturated carbocycles. The molecule has 0 heterocycles. The smallest absolute Gasteiger partial charge is 0.265 e. The minimum Gasteiger partial charge on any atom is -0.495 e. The summed E-state index contributed by atoms with van der Waals surface area (Å²) in [5.41, 5.74) is 1.55. The molecule has 2 aromatic carbocycles. The van der Waals surface area contributed by atoms with E-state index in [0.29, 0.717) is 18.2 Å². The average Bonchev–Trinajstić information content (AvgIpc) is 2.79. The van der Waals surface area contributed by atoms with E-state index in [0.717, 1.165) is 24.3 Å². The maximum absolute atomic E-state index is 13.2. The number of rotatable bonds is 11. The van der Waals surface area contributed by atoms with Crippen LogP contribution in [0.1, 0.15) is 44.6 Å². The average molecular weight is 510 g/mol. The molecule has 1 aliphatic rings. The van der Waals surface area contributed by atoms with Gasteiger partial charge in [-0.15, -0.1) is 0 Å². The Balaban J connectivity index is 1.71. The summed E-state index contributed by atoms with van der Waals surface area (Å²) in [6.45, 7) is 3.71. The van der Waals surface area contributed by atoms with Gasteiger partial charge >= 0.3 is 0 Å². The van der Waals surface area contributed by atoms with Gasteiger partial charge in [0.1, 0.15) is 10.6 Å². The number of sulfonamides is 2. The van der Waals surface area contributed by atoms with Crippen LogP contribution in [0.25, 0.3) is 0 Å². The molecule has 0 spiro atoms. The quantitative estimate of drug-likeness (QED) is 0.419. The molecule has 3 N–H and O–H groups in total. The summed E-state index contributed by atoms with van der Waals surface area (Å²) in [5.74, 6) is 1.37. The second kappa shape index (κ2) is 11.4. The Hall–Kier alpha value is -2.30. The zero-order valence-electron chi connectivity index (χ0n) is 20.0. The molecule has 10 heteroatoms. The minimum absolute atomic E-state index is 0.0399. The number of para-hydroxylation sites is 1. The van der Waals surface area contributed by atoms with Crippen molar-refractivity contribution in [3.8, 4) is 5.75 Å². The second-order valence-corrected chi connectivity index (χ2v) is 12.4. The summed E-state index contributed by atoms with van der Waals surface area (Å²) < 4.78 is 59.5. The molecule has 8 nitrogen and oxygen atoms in total. The highest BCUT2D eigenvalue weighted by Gasteiger charge is 2.22. The number of benzene rings is 2. The van der Waals surface area contributed by atoms with Gasteiger partial charge in [0.15, 0.2) is 0 Å². The maximum Gasteiger partial charge on any atom is 0.265 e. The molecular weight excluding hydrogens is 474 g/mol. The summed E-state index contributed by atoms with van der Waals surface area (Å²) in [6.07, 6.45) is 7.57. The van der Waals surface area contributed by atoms with Gasteiger partial charge in [-0.2, -0.15) is 0 Å². The summed E-state index contributed by atoms with van der Waals surface area (Å²) >= 11 is 0. The fraction of sp³-hybridized carbons (Fsp3) is 0.500. The first-order chi connectivity index (χ1) is 16.1. The molecule has 1 unspecified atom stereocenters. The minimum atomic E-state index is -3.98. The number of ether oxygens (including phenoxy) is 1. The molecule has 0 amide bonds. The monoisotopic (exact) mass is 509 g/mol. The molecule has 0 radical (unpaired) electrons. The van der Waals surface area contributed by atoms with Gasteiger partial charge in [0.25, 0.3) is 10.0 Å². The SMILES string of the molecule is COc1cc(NS(C)(=O)=O)ccc1S(=O)(=O)Nc1ccccc1CNCC(C)C1CCCCC1. The Morgan fingerprint density at radius 1 is 1.00 bits per heavy atom. The van der Waals surface area contributed by atoms with Crippen LogP contribution in [0, 0.1) is 11.8 Å². The predicted octanol–water partition coefficient (Wildman–Crippen LogP) is 4.17. The Morgan fingerprint density at radius 2 is 1.71 bits per heavy atom. The van der Waals surface area contributed by atoms with Crippen LogP contribution in [0.3, 0.4) is 0 Å². The number of methoxy groups -OCH3 is 1. The first-order valence-electron chi connectivity index (χ1n) is 11.6. The lowest BCUT2D eigenvalue weighted by atomic mass is 9.81. The van der Waals surface area contributed by atoms with Crippen molar-refractivity contribution < 1.29 is 21.6 Å². The van der Waals surface area contributed by atoms with Gasteiger partial charge in [-0.3, -0.25) is 9.44 Å². The van der Waals surface area contributed by atoms with Crippen LogP contribution in [0.4, 0.5) is 11.4 Å². The topological polar surface area (TPSA) is 114 Å². The zero-order chi connectivity index (χ0) is 24.8. The molecule has 2 aromatic rings. The number of hydrogen-bond acceptors (Lipinski definition) is 6. The third kappa shape index (κ3) is 7.35. The van der Waals surface area contributed by atoms with Crippen molar-refractivity contribution in [2.24, 2.45) is 11.8 Å². The second-order valence-electron chi connectivity index (χ2n) is 9.01. The summed E-state index contributed by atoms with van der Waals surface area (Å²) in [4.78, 5) is -0.0808. The van der Waals surface area contributed by atoms with Crippen LogP contribution in [-0.2, 0) is 26.6 Å². The lowest BCUT2D eigenvalue weighted by Crippen LogP contribution is -2.27. The van der Waals surface area contributed by atoms with Gasteiger partial charge < -0.3 is 10.1 Å². The van der Waals surface area contributed by atoms with Crippen LogP contribution in [0.5, 0.6) is 5.75 Å². The van der Waals surface area contributed by atoms with E-state index in [2.05, 4.69) is 21.7 Å². The molecule has 34 heavy (non-hydrogen) atoms. The van der Waals surface area contributed by atoms with Crippen molar-refractivity contribution in [2.75, 3.05) is 29.4 Å². The van der Waals surface area contributed by atoms with E-state index in [9.17, 15) is 16.8 Å². The van der Waals surface area contributed by atoms with Crippen molar-refractivity contribution in [1.82, 2.24) is 5.32 Å². The first kappa shape index (κ1) is 26.3. The lowest BCUT2D eigenvalue weighted by molar-refractivity contribution is 0.256. The molecule has 1 aliphatic carbocycles. The van der Waals surface area contributed by atoms with Crippen molar-refractivity contribution in [3.63, 3.8) is 0 Å². The zero-order valence-corrected chi connectivity index (χ0v) is 21.6. The summed E-state index contributed by atoms with van der Waals surface area (Å²) in [7, 11) is -6.15. The molecule has 1 fully saturated rings. The predicted molar refractivity (Wildman–Crippen MR) is 136 cm³/mol. The van der Waals surface area contributed by atoms with Crippen LogP contribution in [0.2, 0.25) is 0 Å². The molecule has 0 aromatic heterocycles. The number of anilines is 2. The van der Waals surface area contributed by atoms with Crippen molar-refractivity contribution in [1.29, 1.82) is 0 Å². The highest BCUT2D eigenvalue weighted by atomic mass is 32.2. The fourth-order valence-corrected chi connectivity index (χ4v) is 6.25. The van der Waals surface area contributed by atoms with E-state index in [-0.39, 0.29) is 16.3 Å². The van der Waals surface area contributed by atoms with Crippen molar-refractivity contribution in [3.05, 3.63) is 48.0 Å². The third-order valence-electron chi connectivity index (χ3n) is 6.25. The Labute approximate surface area is 203 Å². The van der Waals surface area contributed by atoms with Crippen LogP contribution < -0.4 is 19.5 Å². The van der Waals surface area contributed by atoms with E-state index in [1.807, 2.05) is 12.1 Å². The summed E-state index contributed by atoms with van der Waals surface area (Å²) in [5, 5.41) is 3.49. The van der Waals surface area contributed by atoms with E-state index in [1.165, 1.54) is 57.4 Å². The van der Waals surface area contributed by atoms with E-state index < -0.39 is 20.0 Å². The highest BCUT2D eigenvalue weighted by Crippen LogP contribution is 2.31. The molecule has 1 atom stereocenters. The van der Waals surface area contributed by atoms with Gasteiger partial charge in [0, 0.05) is 12.6 Å². The number of hydrogen-bond donors (Lipinski definition) is 3. The van der Waals surface area contributed by atoms with Crippen LogP contribution in [0.15, 0.2) is 47.4 Å². The van der Waals surface area contributed by atoms with E-state index in [4.69, 9.17) is 4.74 Å². The normalized spacial score (nSPS) is 16.1. The lowest BCUT2D eigenvalue weighted by Gasteiger charge is -2.28. The van der Waals surface area contributed by atoms with Crippen molar-refractivity contribution >= 4 is 31.4 Å². The molecular formula is C24H35N3O5S2.